The Morgan fingerprint density at radius 2 is 2.13 bits per heavy atom. The largest absolute Gasteiger partial charge is 0.294 e. The average molecular weight is 287 g/mol. The van der Waals surface area contributed by atoms with Crippen molar-refractivity contribution in [1.82, 2.24) is 0 Å². The first-order chi connectivity index (χ1) is 7.00. The Balaban J connectivity index is 2.91. The molecule has 0 unspecified atom stereocenters. The summed E-state index contributed by atoms with van der Waals surface area (Å²) in [6.07, 6.45) is 0. The number of Topliss-reactive ketones (excluding diaryl/α,β-unsaturated/α-hetero) is 1. The average Bonchev–Trinajstić information content (AvgIpc) is 2.15. The Bertz CT molecular complexity index is 361. The molecule has 0 atom stereocenters. The molecule has 1 aromatic carbocycles. The van der Waals surface area contributed by atoms with Crippen LogP contribution >= 0.6 is 27.7 Å². The van der Waals surface area contributed by atoms with Gasteiger partial charge in [-0.1, -0.05) is 29.8 Å². The molecule has 0 N–H and O–H groups in total. The van der Waals surface area contributed by atoms with Crippen molar-refractivity contribution in [2.45, 2.75) is 25.7 Å². The van der Waals surface area contributed by atoms with Crippen LogP contribution in [-0.2, 0) is 0 Å². The Labute approximate surface area is 104 Å². The van der Waals surface area contributed by atoms with Crippen molar-refractivity contribution < 1.29 is 4.79 Å². The predicted molar refractivity (Wildman–Crippen MR) is 69.7 cm³/mol. The van der Waals surface area contributed by atoms with E-state index in [-0.39, 0.29) is 5.78 Å². The second kappa shape index (κ2) is 5.71. The van der Waals surface area contributed by atoms with Crippen LogP contribution in [0.2, 0.25) is 0 Å². The van der Waals surface area contributed by atoms with E-state index in [1.807, 2.05) is 18.2 Å². The summed E-state index contributed by atoms with van der Waals surface area (Å²) in [4.78, 5) is 12.5. The molecule has 1 rings (SSSR count). The maximum Gasteiger partial charge on any atom is 0.160 e. The van der Waals surface area contributed by atoms with Crippen LogP contribution in [0.15, 0.2) is 27.6 Å². The Hall–Kier alpha value is -0.280. The van der Waals surface area contributed by atoms with Gasteiger partial charge in [-0.25, -0.2) is 0 Å². The maximum atomic E-state index is 11.4. The summed E-state index contributed by atoms with van der Waals surface area (Å²) in [5.74, 6) is 1.81. The van der Waals surface area contributed by atoms with Crippen LogP contribution in [0.3, 0.4) is 0 Å². The molecular weight excluding hydrogens is 272 g/mol. The molecule has 0 saturated heterocycles. The monoisotopic (exact) mass is 286 g/mol. The fourth-order valence-corrected chi connectivity index (χ4v) is 2.56. The zero-order valence-electron chi connectivity index (χ0n) is 9.21. The first kappa shape index (κ1) is 12.8. The van der Waals surface area contributed by atoms with Crippen LogP contribution in [-0.4, -0.2) is 11.5 Å². The number of thioether (sulfide) groups is 1. The van der Waals surface area contributed by atoms with Crippen LogP contribution in [0, 0.1) is 5.92 Å². The highest BCUT2D eigenvalue weighted by molar-refractivity contribution is 9.10. The van der Waals surface area contributed by atoms with Crippen molar-refractivity contribution in [1.29, 1.82) is 0 Å². The van der Waals surface area contributed by atoms with Crippen molar-refractivity contribution in [3.63, 3.8) is 0 Å². The molecule has 1 nitrogen and oxygen atoms in total. The van der Waals surface area contributed by atoms with E-state index in [1.54, 1.807) is 18.7 Å². The van der Waals surface area contributed by atoms with Gasteiger partial charge in [0.15, 0.2) is 5.78 Å². The van der Waals surface area contributed by atoms with Gasteiger partial charge in [-0.3, -0.25) is 4.79 Å². The zero-order chi connectivity index (χ0) is 11.4. The molecule has 0 aliphatic rings. The Kier molecular flexibility index (Phi) is 4.87. The standard InChI is InChI=1S/C12H15BrOS/c1-8(2)7-15-12-5-4-10(13)6-11(12)9(3)14/h4-6,8H,7H2,1-3H3. The van der Waals surface area contributed by atoms with E-state index in [2.05, 4.69) is 29.8 Å². The molecule has 0 saturated carbocycles. The fraction of sp³-hybridized carbons (Fsp3) is 0.417. The third-order valence-electron chi connectivity index (χ3n) is 1.89. The van der Waals surface area contributed by atoms with Crippen LogP contribution in [0.1, 0.15) is 31.1 Å². The zero-order valence-corrected chi connectivity index (χ0v) is 11.6. The predicted octanol–water partition coefficient (Wildman–Crippen LogP) is 4.40. The molecule has 0 aliphatic carbocycles. The SMILES string of the molecule is CC(=O)c1cc(Br)ccc1SCC(C)C. The highest BCUT2D eigenvalue weighted by Crippen LogP contribution is 2.27. The number of benzene rings is 1. The summed E-state index contributed by atoms with van der Waals surface area (Å²) in [5, 5.41) is 0. The molecule has 0 bridgehead atoms. The molecular formula is C12H15BrOS. The number of carbonyl (C=O) groups is 1. The summed E-state index contributed by atoms with van der Waals surface area (Å²) in [5.41, 5.74) is 0.815. The third kappa shape index (κ3) is 3.99. The highest BCUT2D eigenvalue weighted by Gasteiger charge is 2.08. The van der Waals surface area contributed by atoms with Crippen LogP contribution in [0.25, 0.3) is 0 Å². The fourth-order valence-electron chi connectivity index (χ4n) is 1.16. The van der Waals surface area contributed by atoms with Crippen LogP contribution in [0.4, 0.5) is 0 Å². The van der Waals surface area contributed by atoms with E-state index in [4.69, 9.17) is 0 Å². The van der Waals surface area contributed by atoms with E-state index >= 15 is 0 Å². The lowest BCUT2D eigenvalue weighted by Gasteiger charge is -2.08. The van der Waals surface area contributed by atoms with Gasteiger partial charge in [0.2, 0.25) is 0 Å². The molecule has 0 spiro atoms. The summed E-state index contributed by atoms with van der Waals surface area (Å²) >= 11 is 5.13. The van der Waals surface area contributed by atoms with Gasteiger partial charge in [0, 0.05) is 20.7 Å². The lowest BCUT2D eigenvalue weighted by molar-refractivity contribution is 0.101. The molecule has 15 heavy (non-hydrogen) atoms. The number of carbonyl (C=O) groups excluding carboxylic acids is 1. The number of rotatable bonds is 4. The summed E-state index contributed by atoms with van der Waals surface area (Å²) in [6, 6.07) is 5.88. The summed E-state index contributed by atoms with van der Waals surface area (Å²) in [6.45, 7) is 5.97. The third-order valence-corrected chi connectivity index (χ3v) is 3.89. The second-order valence-electron chi connectivity index (χ2n) is 3.90. The van der Waals surface area contributed by atoms with E-state index in [0.717, 1.165) is 20.7 Å². The lowest BCUT2D eigenvalue weighted by atomic mass is 10.1. The van der Waals surface area contributed by atoms with Gasteiger partial charge in [0.05, 0.1) is 0 Å². The second-order valence-corrected chi connectivity index (χ2v) is 5.88. The molecule has 0 aliphatic heterocycles. The van der Waals surface area contributed by atoms with Gasteiger partial charge in [-0.15, -0.1) is 11.8 Å². The number of halogens is 1. The highest BCUT2D eigenvalue weighted by atomic mass is 79.9. The maximum absolute atomic E-state index is 11.4. The number of hydrogen-bond acceptors (Lipinski definition) is 2. The number of hydrogen-bond donors (Lipinski definition) is 0. The van der Waals surface area contributed by atoms with Gasteiger partial charge in [-0.2, -0.15) is 0 Å². The molecule has 1 aromatic rings. The first-order valence-electron chi connectivity index (χ1n) is 4.94. The van der Waals surface area contributed by atoms with Crippen molar-refractivity contribution in [2.24, 2.45) is 5.92 Å². The van der Waals surface area contributed by atoms with Crippen molar-refractivity contribution in [3.05, 3.63) is 28.2 Å². The summed E-state index contributed by atoms with van der Waals surface area (Å²) < 4.78 is 0.960. The number of ketones is 1. The Morgan fingerprint density at radius 1 is 1.47 bits per heavy atom. The van der Waals surface area contributed by atoms with E-state index in [1.165, 1.54) is 0 Å². The molecule has 0 fully saturated rings. The summed E-state index contributed by atoms with van der Waals surface area (Å²) in [7, 11) is 0. The molecule has 0 radical (unpaired) electrons. The van der Waals surface area contributed by atoms with Gasteiger partial charge < -0.3 is 0 Å². The molecule has 0 aromatic heterocycles. The van der Waals surface area contributed by atoms with E-state index in [0.29, 0.717) is 5.92 Å². The smallest absolute Gasteiger partial charge is 0.160 e. The lowest BCUT2D eigenvalue weighted by Crippen LogP contribution is -1.97. The van der Waals surface area contributed by atoms with Gasteiger partial charge >= 0.3 is 0 Å². The minimum absolute atomic E-state index is 0.127. The van der Waals surface area contributed by atoms with Crippen molar-refractivity contribution >= 4 is 33.5 Å². The van der Waals surface area contributed by atoms with Crippen molar-refractivity contribution in [2.75, 3.05) is 5.75 Å². The Morgan fingerprint density at radius 3 is 2.67 bits per heavy atom. The van der Waals surface area contributed by atoms with Crippen molar-refractivity contribution in [3.8, 4) is 0 Å². The van der Waals surface area contributed by atoms with Crippen LogP contribution in [0.5, 0.6) is 0 Å². The quantitative estimate of drug-likeness (QED) is 0.603. The van der Waals surface area contributed by atoms with E-state index < -0.39 is 0 Å². The van der Waals surface area contributed by atoms with Crippen LogP contribution < -0.4 is 0 Å². The molecule has 0 amide bonds. The van der Waals surface area contributed by atoms with Gasteiger partial charge in [0.1, 0.15) is 0 Å². The first-order valence-corrected chi connectivity index (χ1v) is 6.72. The van der Waals surface area contributed by atoms with Gasteiger partial charge in [0.25, 0.3) is 0 Å². The minimum Gasteiger partial charge on any atom is -0.294 e. The minimum atomic E-state index is 0.127. The molecule has 82 valence electrons. The van der Waals surface area contributed by atoms with E-state index in [9.17, 15) is 4.79 Å². The topological polar surface area (TPSA) is 17.1 Å². The normalized spacial score (nSPS) is 10.7. The molecule has 3 heteroatoms. The molecule has 0 heterocycles. The van der Waals surface area contributed by atoms with Gasteiger partial charge in [-0.05, 0) is 31.0 Å².